The van der Waals surface area contributed by atoms with Crippen LogP contribution >= 0.6 is 0 Å². The fraction of sp³-hybridized carbons (Fsp3) is 0.571. The van der Waals surface area contributed by atoms with Gasteiger partial charge in [0.25, 0.3) is 0 Å². The van der Waals surface area contributed by atoms with Gasteiger partial charge in [0, 0.05) is 7.11 Å². The standard InChI is InChI=1S/C14H21FO3/c1-14(2,3)13(16)12(18-9-17-4)10-5-7-11(15)8-6-10/h5-8,12-13,16H,9H2,1-4H3. The lowest BCUT2D eigenvalue weighted by molar-refractivity contribution is -0.138. The van der Waals surface area contributed by atoms with E-state index in [4.69, 9.17) is 9.47 Å². The zero-order valence-electron chi connectivity index (χ0n) is 11.3. The van der Waals surface area contributed by atoms with Gasteiger partial charge < -0.3 is 14.6 Å². The van der Waals surface area contributed by atoms with Crippen LogP contribution < -0.4 is 0 Å². The summed E-state index contributed by atoms with van der Waals surface area (Å²) in [5, 5.41) is 10.3. The Morgan fingerprint density at radius 1 is 1.22 bits per heavy atom. The Kier molecular flexibility index (Phi) is 5.26. The molecule has 4 heteroatoms. The molecule has 3 nitrogen and oxygen atoms in total. The Hall–Kier alpha value is -0.970. The van der Waals surface area contributed by atoms with Crippen molar-refractivity contribution in [3.8, 4) is 0 Å². The minimum atomic E-state index is -0.710. The van der Waals surface area contributed by atoms with Crippen molar-refractivity contribution in [1.82, 2.24) is 0 Å². The molecule has 0 heterocycles. The van der Waals surface area contributed by atoms with E-state index < -0.39 is 12.2 Å². The number of benzene rings is 1. The third-order valence-electron chi connectivity index (χ3n) is 2.74. The molecule has 2 unspecified atom stereocenters. The molecule has 0 radical (unpaired) electrons. The fourth-order valence-corrected chi connectivity index (χ4v) is 1.62. The second kappa shape index (κ2) is 6.27. The summed E-state index contributed by atoms with van der Waals surface area (Å²) in [7, 11) is 1.52. The highest BCUT2D eigenvalue weighted by Gasteiger charge is 2.32. The van der Waals surface area contributed by atoms with Gasteiger partial charge in [-0.05, 0) is 23.1 Å². The molecule has 2 atom stereocenters. The average molecular weight is 256 g/mol. The Morgan fingerprint density at radius 3 is 2.22 bits per heavy atom. The van der Waals surface area contributed by atoms with Crippen LogP contribution in [-0.2, 0) is 9.47 Å². The summed E-state index contributed by atoms with van der Waals surface area (Å²) in [4.78, 5) is 0. The van der Waals surface area contributed by atoms with Crippen molar-refractivity contribution in [2.45, 2.75) is 33.0 Å². The summed E-state index contributed by atoms with van der Waals surface area (Å²) in [5.74, 6) is -0.311. The van der Waals surface area contributed by atoms with Gasteiger partial charge in [0.2, 0.25) is 0 Å². The Morgan fingerprint density at radius 2 is 1.78 bits per heavy atom. The van der Waals surface area contributed by atoms with Crippen LogP contribution in [0.5, 0.6) is 0 Å². The summed E-state index contributed by atoms with van der Waals surface area (Å²) in [5.41, 5.74) is 0.392. The Balaban J connectivity index is 2.94. The van der Waals surface area contributed by atoms with Crippen LogP contribution in [0.4, 0.5) is 4.39 Å². The van der Waals surface area contributed by atoms with Gasteiger partial charge in [-0.2, -0.15) is 0 Å². The van der Waals surface area contributed by atoms with E-state index in [0.29, 0.717) is 0 Å². The Bertz CT molecular complexity index is 356. The van der Waals surface area contributed by atoms with Crippen LogP contribution in [0.1, 0.15) is 32.4 Å². The molecule has 0 aliphatic rings. The minimum absolute atomic E-state index is 0.0786. The van der Waals surface area contributed by atoms with Crippen molar-refractivity contribution < 1.29 is 19.0 Å². The number of rotatable bonds is 5. The number of hydrogen-bond donors (Lipinski definition) is 1. The molecule has 1 aromatic carbocycles. The highest BCUT2D eigenvalue weighted by Crippen LogP contribution is 2.32. The van der Waals surface area contributed by atoms with E-state index in [1.807, 2.05) is 20.8 Å². The highest BCUT2D eigenvalue weighted by atomic mass is 19.1. The van der Waals surface area contributed by atoms with Crippen molar-refractivity contribution >= 4 is 0 Å². The van der Waals surface area contributed by atoms with Crippen molar-refractivity contribution in [3.63, 3.8) is 0 Å². The van der Waals surface area contributed by atoms with Crippen molar-refractivity contribution in [1.29, 1.82) is 0 Å². The highest BCUT2D eigenvalue weighted by molar-refractivity contribution is 5.20. The summed E-state index contributed by atoms with van der Waals surface area (Å²) < 4.78 is 23.3. The van der Waals surface area contributed by atoms with E-state index >= 15 is 0 Å². The third kappa shape index (κ3) is 4.05. The van der Waals surface area contributed by atoms with Gasteiger partial charge in [0.15, 0.2) is 0 Å². The van der Waals surface area contributed by atoms with Crippen LogP contribution in [0.15, 0.2) is 24.3 Å². The largest absolute Gasteiger partial charge is 0.390 e. The predicted molar refractivity (Wildman–Crippen MR) is 67.6 cm³/mol. The molecular formula is C14H21FO3. The van der Waals surface area contributed by atoms with E-state index in [1.54, 1.807) is 12.1 Å². The lowest BCUT2D eigenvalue weighted by atomic mass is 9.83. The molecule has 0 spiro atoms. The zero-order valence-corrected chi connectivity index (χ0v) is 11.3. The van der Waals surface area contributed by atoms with Crippen molar-refractivity contribution in [2.24, 2.45) is 5.41 Å². The van der Waals surface area contributed by atoms with Gasteiger partial charge in [-0.25, -0.2) is 4.39 Å². The van der Waals surface area contributed by atoms with Crippen molar-refractivity contribution in [2.75, 3.05) is 13.9 Å². The topological polar surface area (TPSA) is 38.7 Å². The number of aliphatic hydroxyl groups excluding tert-OH is 1. The van der Waals surface area contributed by atoms with Gasteiger partial charge >= 0.3 is 0 Å². The molecule has 1 aromatic rings. The number of ether oxygens (including phenoxy) is 2. The lowest BCUT2D eigenvalue weighted by Crippen LogP contribution is -2.34. The molecule has 1 rings (SSSR count). The second-order valence-corrected chi connectivity index (χ2v) is 5.36. The maximum Gasteiger partial charge on any atom is 0.147 e. The normalized spacial score (nSPS) is 15.4. The minimum Gasteiger partial charge on any atom is -0.390 e. The van der Waals surface area contributed by atoms with Crippen molar-refractivity contribution in [3.05, 3.63) is 35.6 Å². The molecule has 0 amide bonds. The van der Waals surface area contributed by atoms with Gasteiger partial charge in [0.05, 0.1) is 6.10 Å². The van der Waals surface area contributed by atoms with E-state index in [2.05, 4.69) is 0 Å². The second-order valence-electron chi connectivity index (χ2n) is 5.36. The predicted octanol–water partition coefficient (Wildman–Crippen LogP) is 2.89. The van der Waals surface area contributed by atoms with E-state index in [-0.39, 0.29) is 18.0 Å². The Labute approximate surface area is 108 Å². The van der Waals surface area contributed by atoms with Crippen LogP contribution in [-0.4, -0.2) is 25.1 Å². The lowest BCUT2D eigenvalue weighted by Gasteiger charge is -2.33. The zero-order chi connectivity index (χ0) is 13.8. The molecular weight excluding hydrogens is 235 g/mol. The van der Waals surface area contributed by atoms with Gasteiger partial charge in [-0.15, -0.1) is 0 Å². The molecule has 0 bridgehead atoms. The van der Waals surface area contributed by atoms with Crippen LogP contribution in [0.3, 0.4) is 0 Å². The van der Waals surface area contributed by atoms with E-state index in [1.165, 1.54) is 19.2 Å². The number of halogens is 1. The average Bonchev–Trinajstić information content (AvgIpc) is 2.30. The SMILES string of the molecule is COCOC(c1ccc(F)cc1)C(O)C(C)(C)C. The molecule has 0 aliphatic heterocycles. The molecule has 0 aromatic heterocycles. The number of methoxy groups -OCH3 is 1. The van der Waals surface area contributed by atoms with Crippen LogP contribution in [0.25, 0.3) is 0 Å². The molecule has 0 saturated carbocycles. The molecule has 18 heavy (non-hydrogen) atoms. The first-order chi connectivity index (χ1) is 8.36. The molecule has 0 saturated heterocycles. The summed E-state index contributed by atoms with van der Waals surface area (Å²) in [6.07, 6.45) is -1.25. The quantitative estimate of drug-likeness (QED) is 0.823. The fourth-order valence-electron chi connectivity index (χ4n) is 1.62. The molecule has 1 N–H and O–H groups in total. The smallest absolute Gasteiger partial charge is 0.147 e. The van der Waals surface area contributed by atoms with E-state index in [0.717, 1.165) is 5.56 Å². The number of aliphatic hydroxyl groups is 1. The molecule has 0 aliphatic carbocycles. The first-order valence-electron chi connectivity index (χ1n) is 5.90. The van der Waals surface area contributed by atoms with Crippen LogP contribution in [0, 0.1) is 11.2 Å². The molecule has 0 fully saturated rings. The molecule has 102 valence electrons. The maximum atomic E-state index is 12.9. The first kappa shape index (κ1) is 15.1. The third-order valence-corrected chi connectivity index (χ3v) is 2.74. The first-order valence-corrected chi connectivity index (χ1v) is 5.90. The van der Waals surface area contributed by atoms with Gasteiger partial charge in [-0.3, -0.25) is 0 Å². The van der Waals surface area contributed by atoms with Gasteiger partial charge in [-0.1, -0.05) is 32.9 Å². The summed E-state index contributed by atoms with van der Waals surface area (Å²) in [6.45, 7) is 5.84. The monoisotopic (exact) mass is 256 g/mol. The van der Waals surface area contributed by atoms with Gasteiger partial charge in [0.1, 0.15) is 18.7 Å². The van der Waals surface area contributed by atoms with Crippen LogP contribution in [0.2, 0.25) is 0 Å². The number of hydrogen-bond acceptors (Lipinski definition) is 3. The van der Waals surface area contributed by atoms with E-state index in [9.17, 15) is 9.50 Å². The summed E-state index contributed by atoms with van der Waals surface area (Å²) in [6, 6.07) is 5.94. The maximum absolute atomic E-state index is 12.9. The summed E-state index contributed by atoms with van der Waals surface area (Å²) >= 11 is 0.